The van der Waals surface area contributed by atoms with Crippen molar-refractivity contribution in [1.29, 1.82) is 0 Å². The number of carboxylic acids is 1. The average molecular weight is 496 g/mol. The van der Waals surface area contributed by atoms with Gasteiger partial charge in [-0.05, 0) is 25.7 Å². The number of hydrogen-bond acceptors (Lipinski definition) is 8. The van der Waals surface area contributed by atoms with Gasteiger partial charge >= 0.3 is 5.97 Å². The summed E-state index contributed by atoms with van der Waals surface area (Å²) in [4.78, 5) is 62.0. The van der Waals surface area contributed by atoms with Gasteiger partial charge in [0, 0.05) is 31.4 Å². The number of hydrogen-bond donors (Lipinski definition) is 8. The van der Waals surface area contributed by atoms with Crippen LogP contribution in [0.1, 0.15) is 31.4 Å². The molecule has 0 spiro atoms. The lowest BCUT2D eigenvalue weighted by Crippen LogP contribution is -2.57. The third-order valence-electron chi connectivity index (χ3n) is 5.53. The normalized spacial score (nSPS) is 17.8. The van der Waals surface area contributed by atoms with Gasteiger partial charge in [0.15, 0.2) is 5.96 Å². The molecule has 1 aliphatic heterocycles. The lowest BCUT2D eigenvalue weighted by atomic mass is 10.1. The molecule has 11 N–H and O–H groups in total. The topological polar surface area (TPSA) is 255 Å². The fourth-order valence-electron chi connectivity index (χ4n) is 3.71. The van der Waals surface area contributed by atoms with Crippen molar-refractivity contribution >= 4 is 29.7 Å². The summed E-state index contributed by atoms with van der Waals surface area (Å²) >= 11 is 0. The number of imidazole rings is 1. The Morgan fingerprint density at radius 1 is 1.26 bits per heavy atom. The van der Waals surface area contributed by atoms with Crippen LogP contribution in [0.5, 0.6) is 0 Å². The Morgan fingerprint density at radius 3 is 2.60 bits per heavy atom. The van der Waals surface area contributed by atoms with Crippen LogP contribution in [0.2, 0.25) is 0 Å². The van der Waals surface area contributed by atoms with E-state index >= 15 is 0 Å². The second kappa shape index (κ2) is 13.2. The minimum Gasteiger partial charge on any atom is -0.480 e. The van der Waals surface area contributed by atoms with E-state index in [2.05, 4.69) is 25.6 Å². The number of guanidine groups is 1. The van der Waals surface area contributed by atoms with Gasteiger partial charge in [0.25, 0.3) is 0 Å². The van der Waals surface area contributed by atoms with Crippen LogP contribution >= 0.6 is 0 Å². The highest BCUT2D eigenvalue weighted by molar-refractivity contribution is 5.94. The molecule has 15 heteroatoms. The number of nitrogens with two attached hydrogens (primary N) is 3. The summed E-state index contributed by atoms with van der Waals surface area (Å²) in [6.45, 7) is -0.143. The first-order chi connectivity index (χ1) is 16.6. The van der Waals surface area contributed by atoms with E-state index < -0.39 is 54.5 Å². The lowest BCUT2D eigenvalue weighted by molar-refractivity contribution is -0.145. The number of H-pyrrole nitrogens is 1. The maximum atomic E-state index is 13.3. The summed E-state index contributed by atoms with van der Waals surface area (Å²) < 4.78 is 0. The zero-order chi connectivity index (χ0) is 26.0. The molecular weight excluding hydrogens is 462 g/mol. The number of aromatic nitrogens is 2. The van der Waals surface area contributed by atoms with Crippen LogP contribution in [-0.2, 0) is 25.6 Å². The van der Waals surface area contributed by atoms with Gasteiger partial charge in [0.1, 0.15) is 24.2 Å². The SMILES string of the molecule is NC(N)=NCCCC(NC(=O)C(N)CO)C(=O)N1CCCC1C(=O)NC(Cc1cnc[nH]1)C(=O)O. The quantitative estimate of drug-likeness (QED) is 0.0756. The van der Waals surface area contributed by atoms with Crippen LogP contribution in [0.4, 0.5) is 0 Å². The van der Waals surface area contributed by atoms with Gasteiger partial charge in [-0.1, -0.05) is 0 Å². The number of aliphatic hydroxyl groups excluding tert-OH is 1. The zero-order valence-corrected chi connectivity index (χ0v) is 19.2. The summed E-state index contributed by atoms with van der Waals surface area (Å²) in [5.74, 6) is -3.20. The van der Waals surface area contributed by atoms with Crippen LogP contribution in [0.3, 0.4) is 0 Å². The lowest BCUT2D eigenvalue weighted by Gasteiger charge is -2.30. The van der Waals surface area contributed by atoms with Gasteiger partial charge < -0.3 is 47.9 Å². The predicted molar refractivity (Wildman–Crippen MR) is 123 cm³/mol. The van der Waals surface area contributed by atoms with Crippen molar-refractivity contribution in [2.75, 3.05) is 19.7 Å². The summed E-state index contributed by atoms with van der Waals surface area (Å²) in [5.41, 5.74) is 16.7. The van der Waals surface area contributed by atoms with Crippen molar-refractivity contribution in [2.24, 2.45) is 22.2 Å². The number of nitrogens with zero attached hydrogens (tertiary/aromatic N) is 3. The van der Waals surface area contributed by atoms with Gasteiger partial charge in [0.2, 0.25) is 17.7 Å². The maximum Gasteiger partial charge on any atom is 0.326 e. The highest BCUT2D eigenvalue weighted by Crippen LogP contribution is 2.20. The second-order valence-electron chi connectivity index (χ2n) is 8.17. The first-order valence-corrected chi connectivity index (χ1v) is 11.2. The van der Waals surface area contributed by atoms with E-state index in [0.717, 1.165) is 0 Å². The van der Waals surface area contributed by atoms with Crippen molar-refractivity contribution in [2.45, 2.75) is 56.3 Å². The van der Waals surface area contributed by atoms with Crippen molar-refractivity contribution in [1.82, 2.24) is 25.5 Å². The van der Waals surface area contributed by atoms with Gasteiger partial charge in [0.05, 0.1) is 12.9 Å². The van der Waals surface area contributed by atoms with Crippen LogP contribution in [0.25, 0.3) is 0 Å². The Hall–Kier alpha value is -3.72. The maximum absolute atomic E-state index is 13.3. The molecule has 1 aromatic rings. The van der Waals surface area contributed by atoms with Crippen molar-refractivity contribution in [3.05, 3.63) is 18.2 Å². The van der Waals surface area contributed by atoms with E-state index in [1.54, 1.807) is 0 Å². The van der Waals surface area contributed by atoms with Crippen molar-refractivity contribution < 1.29 is 29.4 Å². The van der Waals surface area contributed by atoms with Crippen molar-refractivity contribution in [3.63, 3.8) is 0 Å². The molecule has 0 aromatic carbocycles. The number of aliphatic carboxylic acids is 1. The smallest absolute Gasteiger partial charge is 0.326 e. The molecule has 1 fully saturated rings. The number of amides is 3. The standard InChI is InChI=1S/C20H33N9O6/c21-12(9-30)16(31)27-13(3-1-5-25-20(22)23)18(33)29-6-2-4-15(29)17(32)28-14(19(34)35)7-11-8-24-10-26-11/h8,10,12-15,30H,1-7,9,21H2,(H,24,26)(H,27,31)(H,28,32)(H,34,35)(H4,22,23,25). The fourth-order valence-corrected chi connectivity index (χ4v) is 3.71. The number of nitrogens with one attached hydrogen (secondary N) is 3. The van der Waals surface area contributed by atoms with Crippen molar-refractivity contribution in [3.8, 4) is 0 Å². The molecule has 15 nitrogen and oxygen atoms in total. The largest absolute Gasteiger partial charge is 0.480 e. The number of carbonyl (C=O) groups is 4. The minimum absolute atomic E-state index is 0.00966. The number of rotatable bonds is 13. The number of aliphatic imine (C=N–C) groups is 1. The van der Waals surface area contributed by atoms with Crippen LogP contribution < -0.4 is 27.8 Å². The molecule has 2 rings (SSSR count). The van der Waals surface area contributed by atoms with Crippen LogP contribution in [0.15, 0.2) is 17.5 Å². The molecule has 1 aliphatic rings. The highest BCUT2D eigenvalue weighted by Gasteiger charge is 2.39. The van der Waals surface area contributed by atoms with E-state index in [9.17, 15) is 24.3 Å². The average Bonchev–Trinajstić information content (AvgIpc) is 3.51. The molecule has 1 saturated heterocycles. The number of aromatic amines is 1. The van der Waals surface area contributed by atoms with Gasteiger partial charge in [-0.15, -0.1) is 0 Å². The number of aliphatic hydroxyl groups is 1. The molecule has 0 aliphatic carbocycles. The van der Waals surface area contributed by atoms with Crippen LogP contribution in [-0.4, -0.2) is 98.6 Å². The Balaban J connectivity index is 2.11. The molecule has 0 saturated carbocycles. The Morgan fingerprint density at radius 2 is 2.00 bits per heavy atom. The van der Waals surface area contributed by atoms with E-state index in [-0.39, 0.29) is 31.9 Å². The molecule has 4 unspecified atom stereocenters. The first-order valence-electron chi connectivity index (χ1n) is 11.2. The Bertz CT molecular complexity index is 903. The summed E-state index contributed by atoms with van der Waals surface area (Å²) in [7, 11) is 0. The Kier molecular flexibility index (Phi) is 10.4. The molecule has 3 amide bonds. The predicted octanol–water partition coefficient (Wildman–Crippen LogP) is -3.63. The van der Waals surface area contributed by atoms with Gasteiger partial charge in [-0.3, -0.25) is 19.4 Å². The number of carboxylic acid groups (broad SMARTS) is 1. The number of likely N-dealkylation sites (tertiary alicyclic amines) is 1. The van der Waals surface area contributed by atoms with E-state index in [1.165, 1.54) is 17.4 Å². The molecule has 194 valence electrons. The summed E-state index contributed by atoms with van der Waals surface area (Å²) in [6.07, 6.45) is 4.20. The second-order valence-corrected chi connectivity index (χ2v) is 8.17. The number of carbonyl (C=O) groups excluding carboxylic acids is 3. The summed E-state index contributed by atoms with van der Waals surface area (Å²) in [5, 5.41) is 23.7. The molecule has 1 aromatic heterocycles. The van der Waals surface area contributed by atoms with Gasteiger partial charge in [-0.2, -0.15) is 0 Å². The molecule has 0 bridgehead atoms. The zero-order valence-electron chi connectivity index (χ0n) is 19.2. The summed E-state index contributed by atoms with van der Waals surface area (Å²) in [6, 6.07) is -4.39. The molecule has 4 atom stereocenters. The van der Waals surface area contributed by atoms with E-state index in [4.69, 9.17) is 22.3 Å². The van der Waals surface area contributed by atoms with E-state index in [0.29, 0.717) is 25.0 Å². The highest BCUT2D eigenvalue weighted by atomic mass is 16.4. The molecular formula is C20H33N9O6. The molecule has 35 heavy (non-hydrogen) atoms. The van der Waals surface area contributed by atoms with Gasteiger partial charge in [-0.25, -0.2) is 9.78 Å². The molecule has 0 radical (unpaired) electrons. The molecule has 2 heterocycles. The third kappa shape index (κ3) is 8.22. The fraction of sp³-hybridized carbons (Fsp3) is 0.600. The third-order valence-corrected chi connectivity index (χ3v) is 5.53. The first kappa shape index (κ1) is 27.5. The van der Waals surface area contributed by atoms with Crippen LogP contribution in [0, 0.1) is 0 Å². The van der Waals surface area contributed by atoms with E-state index in [1.807, 2.05) is 0 Å². The monoisotopic (exact) mass is 495 g/mol. The minimum atomic E-state index is -1.23. The Labute approximate surface area is 201 Å².